The number of carbonyl (C=O) groups excluding carboxylic acids is 1. The molecule has 1 amide bonds. The third kappa shape index (κ3) is 2.34. The normalized spacial score (nSPS) is 27.4. The highest BCUT2D eigenvalue weighted by atomic mass is 19.1. The van der Waals surface area contributed by atoms with Crippen LogP contribution in [0.25, 0.3) is 0 Å². The van der Waals surface area contributed by atoms with Gasteiger partial charge in [-0.3, -0.25) is 9.78 Å². The minimum Gasteiger partial charge on any atom is -0.337 e. The van der Waals surface area contributed by atoms with E-state index in [0.717, 1.165) is 32.1 Å². The van der Waals surface area contributed by atoms with E-state index in [2.05, 4.69) is 16.9 Å². The lowest BCUT2D eigenvalue weighted by molar-refractivity contribution is 0.0737. The third-order valence-corrected chi connectivity index (χ3v) is 4.28. The van der Waals surface area contributed by atoms with Gasteiger partial charge in [-0.2, -0.15) is 0 Å². The number of fused-ring (bicyclic) bond motifs is 4. The van der Waals surface area contributed by atoms with Gasteiger partial charge in [0.15, 0.2) is 5.82 Å². The van der Waals surface area contributed by atoms with Crippen molar-refractivity contribution in [2.45, 2.75) is 18.9 Å². The highest BCUT2D eigenvalue weighted by molar-refractivity contribution is 5.94. The van der Waals surface area contributed by atoms with Crippen LogP contribution in [0.4, 0.5) is 4.39 Å². The maximum Gasteiger partial charge on any atom is 0.257 e. The highest BCUT2D eigenvalue weighted by Gasteiger charge is 2.35. The summed E-state index contributed by atoms with van der Waals surface area (Å²) < 4.78 is 13.7. The summed E-state index contributed by atoms with van der Waals surface area (Å²) in [4.78, 5) is 20.3. The van der Waals surface area contributed by atoms with Crippen LogP contribution >= 0.6 is 0 Å². The van der Waals surface area contributed by atoms with E-state index < -0.39 is 5.82 Å². The number of likely N-dealkylation sites (N-methyl/N-ethyl adjacent to an activating group) is 1. The van der Waals surface area contributed by atoms with E-state index in [0.29, 0.717) is 18.5 Å². The largest absolute Gasteiger partial charge is 0.337 e. The van der Waals surface area contributed by atoms with Crippen LogP contribution < -0.4 is 0 Å². The van der Waals surface area contributed by atoms with Gasteiger partial charge in [0, 0.05) is 31.9 Å². The molecule has 3 aliphatic heterocycles. The lowest BCUT2D eigenvalue weighted by atomic mass is 9.96. The molecule has 4 heterocycles. The average molecular weight is 263 g/mol. The van der Waals surface area contributed by atoms with Gasteiger partial charge in [-0.1, -0.05) is 0 Å². The Labute approximate surface area is 112 Å². The molecule has 0 unspecified atom stereocenters. The fourth-order valence-corrected chi connectivity index (χ4v) is 3.20. The molecule has 102 valence electrons. The smallest absolute Gasteiger partial charge is 0.257 e. The van der Waals surface area contributed by atoms with Gasteiger partial charge in [-0.25, -0.2) is 4.39 Å². The molecule has 4 rings (SSSR count). The molecular weight excluding hydrogens is 245 g/mol. The number of hydrogen-bond donors (Lipinski definition) is 0. The fourth-order valence-electron chi connectivity index (χ4n) is 3.20. The van der Waals surface area contributed by atoms with E-state index >= 15 is 0 Å². The van der Waals surface area contributed by atoms with E-state index in [4.69, 9.17) is 0 Å². The zero-order valence-corrected chi connectivity index (χ0v) is 11.1. The Morgan fingerprint density at radius 3 is 2.95 bits per heavy atom. The van der Waals surface area contributed by atoms with Gasteiger partial charge in [0.25, 0.3) is 5.91 Å². The molecule has 4 nitrogen and oxygen atoms in total. The lowest BCUT2D eigenvalue weighted by Crippen LogP contribution is -2.42. The summed E-state index contributed by atoms with van der Waals surface area (Å²) >= 11 is 0. The number of nitrogens with zero attached hydrogens (tertiary/aromatic N) is 3. The van der Waals surface area contributed by atoms with Gasteiger partial charge in [0.1, 0.15) is 0 Å². The summed E-state index contributed by atoms with van der Waals surface area (Å²) in [5, 5.41) is 0. The van der Waals surface area contributed by atoms with Gasteiger partial charge >= 0.3 is 0 Å². The number of pyridine rings is 1. The maximum absolute atomic E-state index is 13.7. The van der Waals surface area contributed by atoms with E-state index in [1.165, 1.54) is 12.3 Å². The zero-order chi connectivity index (χ0) is 13.4. The average Bonchev–Trinajstić information content (AvgIpc) is 2.69. The first-order chi connectivity index (χ1) is 9.15. The Morgan fingerprint density at radius 2 is 2.21 bits per heavy atom. The molecule has 0 aliphatic carbocycles. The molecule has 1 aromatic rings. The van der Waals surface area contributed by atoms with E-state index in [1.54, 1.807) is 0 Å². The number of piperidine rings is 1. The van der Waals surface area contributed by atoms with Gasteiger partial charge in [0.2, 0.25) is 0 Å². The Kier molecular flexibility index (Phi) is 3.22. The third-order valence-electron chi connectivity index (χ3n) is 4.28. The van der Waals surface area contributed by atoms with Crippen LogP contribution in [0.3, 0.4) is 0 Å². The molecule has 3 aliphatic rings. The second kappa shape index (κ2) is 4.89. The number of aromatic nitrogens is 1. The minimum atomic E-state index is -0.530. The van der Waals surface area contributed by atoms with Crippen molar-refractivity contribution in [2.24, 2.45) is 5.92 Å². The number of rotatable bonds is 1. The maximum atomic E-state index is 13.7. The van der Waals surface area contributed by atoms with Gasteiger partial charge in [-0.15, -0.1) is 0 Å². The van der Waals surface area contributed by atoms with Gasteiger partial charge in [0.05, 0.1) is 11.8 Å². The lowest BCUT2D eigenvalue weighted by Gasteiger charge is -2.32. The fraction of sp³-hybridized carbons (Fsp3) is 0.571. The molecule has 3 fully saturated rings. The Bertz CT molecular complexity index is 493. The van der Waals surface area contributed by atoms with Crippen LogP contribution in [-0.2, 0) is 0 Å². The molecule has 1 aromatic heterocycles. The van der Waals surface area contributed by atoms with Crippen LogP contribution in [0.2, 0.25) is 0 Å². The number of hydrogen-bond acceptors (Lipinski definition) is 3. The van der Waals surface area contributed by atoms with Crippen LogP contribution in [0.15, 0.2) is 18.5 Å². The summed E-state index contributed by atoms with van der Waals surface area (Å²) in [7, 11) is 2.11. The van der Waals surface area contributed by atoms with Crippen molar-refractivity contribution in [2.75, 3.05) is 26.7 Å². The second-order valence-electron chi connectivity index (χ2n) is 5.60. The van der Waals surface area contributed by atoms with Gasteiger partial charge < -0.3 is 9.80 Å². The van der Waals surface area contributed by atoms with Crippen molar-refractivity contribution in [3.63, 3.8) is 0 Å². The predicted octanol–water partition coefficient (Wildman–Crippen LogP) is 1.39. The Hall–Kier alpha value is -1.49. The van der Waals surface area contributed by atoms with E-state index in [-0.39, 0.29) is 11.5 Å². The van der Waals surface area contributed by atoms with Crippen molar-refractivity contribution in [1.82, 2.24) is 14.8 Å². The summed E-state index contributed by atoms with van der Waals surface area (Å²) in [5.74, 6) is -0.220. The monoisotopic (exact) mass is 263 g/mol. The molecule has 0 radical (unpaired) electrons. The van der Waals surface area contributed by atoms with E-state index in [9.17, 15) is 9.18 Å². The summed E-state index contributed by atoms with van der Waals surface area (Å²) in [6, 6.07) is 1.88. The topological polar surface area (TPSA) is 36.4 Å². The van der Waals surface area contributed by atoms with Crippen molar-refractivity contribution in [3.8, 4) is 0 Å². The van der Waals surface area contributed by atoms with Crippen LogP contribution in [0, 0.1) is 11.7 Å². The van der Waals surface area contributed by atoms with E-state index in [1.807, 2.05) is 4.90 Å². The number of carbonyl (C=O) groups is 1. The molecule has 2 bridgehead atoms. The quantitative estimate of drug-likeness (QED) is 0.768. The van der Waals surface area contributed by atoms with Crippen LogP contribution in [-0.4, -0.2) is 53.4 Å². The Morgan fingerprint density at radius 1 is 1.37 bits per heavy atom. The molecule has 19 heavy (non-hydrogen) atoms. The molecule has 0 saturated carbocycles. The second-order valence-corrected chi connectivity index (χ2v) is 5.60. The minimum absolute atomic E-state index is 0.138. The molecular formula is C14H18FN3O. The number of halogens is 1. The van der Waals surface area contributed by atoms with Crippen molar-refractivity contribution >= 4 is 5.91 Å². The predicted molar refractivity (Wildman–Crippen MR) is 69.2 cm³/mol. The van der Waals surface area contributed by atoms with Crippen molar-refractivity contribution in [1.29, 1.82) is 0 Å². The Balaban J connectivity index is 1.83. The summed E-state index contributed by atoms with van der Waals surface area (Å²) in [5.41, 5.74) is 0.138. The molecule has 0 aromatic carbocycles. The highest BCUT2D eigenvalue weighted by Crippen LogP contribution is 2.27. The summed E-state index contributed by atoms with van der Waals surface area (Å²) in [6.07, 6.45) is 4.86. The molecule has 2 atom stereocenters. The van der Waals surface area contributed by atoms with Crippen LogP contribution in [0.5, 0.6) is 0 Å². The first-order valence-electron chi connectivity index (χ1n) is 6.74. The number of amides is 1. The first kappa shape index (κ1) is 12.5. The molecule has 0 N–H and O–H groups in total. The van der Waals surface area contributed by atoms with Crippen molar-refractivity contribution in [3.05, 3.63) is 29.8 Å². The standard InChI is InChI=1S/C14H18FN3O/c1-17-7-10-2-3-11(17)9-18(8-10)14(19)12-4-5-16-6-13(12)15/h4-6,10-11H,2-3,7-9H2,1H3/t10-,11-/m1/s1. The molecule has 0 spiro atoms. The molecule has 3 saturated heterocycles. The van der Waals surface area contributed by atoms with Gasteiger partial charge in [-0.05, 0) is 31.9 Å². The SMILES string of the molecule is CN1C[C@H]2CC[C@@H]1CN(C(=O)c1ccncc1F)C2. The van der Waals surface area contributed by atoms with Crippen molar-refractivity contribution < 1.29 is 9.18 Å². The zero-order valence-electron chi connectivity index (χ0n) is 11.1. The molecule has 5 heteroatoms. The van der Waals surface area contributed by atoms with Crippen LogP contribution in [0.1, 0.15) is 23.2 Å². The first-order valence-corrected chi connectivity index (χ1v) is 6.74. The summed E-state index contributed by atoms with van der Waals surface area (Å²) in [6.45, 7) is 2.47.